The van der Waals surface area contributed by atoms with Crippen molar-refractivity contribution in [1.29, 1.82) is 0 Å². The summed E-state index contributed by atoms with van der Waals surface area (Å²) >= 11 is 0. The van der Waals surface area contributed by atoms with Gasteiger partial charge in [0.15, 0.2) is 0 Å². The molecule has 4 heteroatoms. The first-order valence-corrected chi connectivity index (χ1v) is 6.05. The van der Waals surface area contributed by atoms with Crippen molar-refractivity contribution in [2.24, 2.45) is 5.92 Å². The largest absolute Gasteiger partial charge is 0.347 e. The van der Waals surface area contributed by atoms with Gasteiger partial charge in [-0.1, -0.05) is 13.3 Å². The van der Waals surface area contributed by atoms with Gasteiger partial charge < -0.3 is 9.88 Å². The summed E-state index contributed by atoms with van der Waals surface area (Å²) in [6, 6.07) is 0. The third kappa shape index (κ3) is 2.62. The van der Waals surface area contributed by atoms with Gasteiger partial charge in [0.05, 0.1) is 6.54 Å². The second-order valence-corrected chi connectivity index (χ2v) is 4.50. The van der Waals surface area contributed by atoms with Gasteiger partial charge in [0, 0.05) is 25.4 Å². The molecule has 1 aromatic rings. The van der Waals surface area contributed by atoms with Gasteiger partial charge in [-0.05, 0) is 18.8 Å². The molecule has 1 unspecified atom stereocenters. The molecule has 1 aliphatic heterocycles. The summed E-state index contributed by atoms with van der Waals surface area (Å²) in [5.41, 5.74) is 0. The molecule has 0 aromatic carbocycles. The average Bonchev–Trinajstić information content (AvgIpc) is 2.76. The SMILES string of the molecule is CCCC1CCC(=O)N(Cc2ncc[nH]2)C1. The quantitative estimate of drug-likeness (QED) is 0.844. The normalized spacial score (nSPS) is 21.4. The topological polar surface area (TPSA) is 49.0 Å². The number of imidazole rings is 1. The molecule has 0 aliphatic carbocycles. The van der Waals surface area contributed by atoms with Crippen molar-refractivity contribution < 1.29 is 4.79 Å². The van der Waals surface area contributed by atoms with Crippen molar-refractivity contribution in [3.8, 4) is 0 Å². The summed E-state index contributed by atoms with van der Waals surface area (Å²) in [5.74, 6) is 1.83. The Hall–Kier alpha value is -1.32. The summed E-state index contributed by atoms with van der Waals surface area (Å²) in [7, 11) is 0. The number of hydrogen-bond acceptors (Lipinski definition) is 2. The lowest BCUT2D eigenvalue weighted by Gasteiger charge is -2.32. The maximum absolute atomic E-state index is 11.8. The van der Waals surface area contributed by atoms with Gasteiger partial charge in [0.1, 0.15) is 5.82 Å². The van der Waals surface area contributed by atoms with Crippen LogP contribution in [0.2, 0.25) is 0 Å². The van der Waals surface area contributed by atoms with Gasteiger partial charge in [-0.25, -0.2) is 4.98 Å². The highest BCUT2D eigenvalue weighted by molar-refractivity contribution is 5.76. The molecule has 1 amide bonds. The summed E-state index contributed by atoms with van der Waals surface area (Å²) < 4.78 is 0. The van der Waals surface area contributed by atoms with Crippen molar-refractivity contribution in [3.63, 3.8) is 0 Å². The first-order chi connectivity index (χ1) is 7.79. The van der Waals surface area contributed by atoms with Crippen molar-refractivity contribution >= 4 is 5.91 Å². The number of likely N-dealkylation sites (tertiary alicyclic amines) is 1. The Labute approximate surface area is 96.1 Å². The van der Waals surface area contributed by atoms with Crippen LogP contribution in [0.5, 0.6) is 0 Å². The number of piperidine rings is 1. The number of nitrogens with zero attached hydrogens (tertiary/aromatic N) is 2. The zero-order valence-corrected chi connectivity index (χ0v) is 9.78. The van der Waals surface area contributed by atoms with E-state index < -0.39 is 0 Å². The Morgan fingerprint density at radius 3 is 3.19 bits per heavy atom. The van der Waals surface area contributed by atoms with Crippen LogP contribution in [0.25, 0.3) is 0 Å². The monoisotopic (exact) mass is 221 g/mol. The molecule has 1 fully saturated rings. The molecule has 2 rings (SSSR count). The Morgan fingerprint density at radius 2 is 2.50 bits per heavy atom. The summed E-state index contributed by atoms with van der Waals surface area (Å²) in [6.07, 6.45) is 7.71. The number of carbonyl (C=O) groups is 1. The minimum absolute atomic E-state index is 0.267. The minimum atomic E-state index is 0.267. The molecule has 1 N–H and O–H groups in total. The highest BCUT2D eigenvalue weighted by Crippen LogP contribution is 2.22. The van der Waals surface area contributed by atoms with E-state index in [1.807, 2.05) is 4.90 Å². The van der Waals surface area contributed by atoms with E-state index in [9.17, 15) is 4.79 Å². The first-order valence-electron chi connectivity index (χ1n) is 6.05. The van der Waals surface area contributed by atoms with Crippen LogP contribution < -0.4 is 0 Å². The fraction of sp³-hybridized carbons (Fsp3) is 0.667. The van der Waals surface area contributed by atoms with E-state index in [1.54, 1.807) is 12.4 Å². The Morgan fingerprint density at radius 1 is 1.62 bits per heavy atom. The third-order valence-corrected chi connectivity index (χ3v) is 3.19. The van der Waals surface area contributed by atoms with Gasteiger partial charge in [-0.2, -0.15) is 0 Å². The lowest BCUT2D eigenvalue weighted by Crippen LogP contribution is -2.39. The van der Waals surface area contributed by atoms with Gasteiger partial charge in [0.2, 0.25) is 5.91 Å². The van der Waals surface area contributed by atoms with Crippen LogP contribution in [0.1, 0.15) is 38.4 Å². The highest BCUT2D eigenvalue weighted by Gasteiger charge is 2.25. The van der Waals surface area contributed by atoms with E-state index in [0.29, 0.717) is 18.9 Å². The van der Waals surface area contributed by atoms with Crippen LogP contribution in [0, 0.1) is 5.92 Å². The van der Waals surface area contributed by atoms with Crippen molar-refractivity contribution in [2.75, 3.05) is 6.54 Å². The molecule has 0 bridgehead atoms. The number of nitrogens with one attached hydrogen (secondary N) is 1. The van der Waals surface area contributed by atoms with Crippen molar-refractivity contribution in [3.05, 3.63) is 18.2 Å². The van der Waals surface area contributed by atoms with Crippen molar-refractivity contribution in [1.82, 2.24) is 14.9 Å². The molecule has 88 valence electrons. The molecular formula is C12H19N3O. The number of aromatic amines is 1. The van der Waals surface area contributed by atoms with E-state index in [2.05, 4.69) is 16.9 Å². The zero-order chi connectivity index (χ0) is 11.4. The molecule has 1 atom stereocenters. The molecule has 1 saturated heterocycles. The Balaban J connectivity index is 1.93. The number of hydrogen-bond donors (Lipinski definition) is 1. The fourth-order valence-electron chi connectivity index (χ4n) is 2.35. The van der Waals surface area contributed by atoms with Crippen LogP contribution in [0.15, 0.2) is 12.4 Å². The lowest BCUT2D eigenvalue weighted by atomic mass is 9.93. The van der Waals surface area contributed by atoms with Gasteiger partial charge in [-0.3, -0.25) is 4.79 Å². The number of amides is 1. The molecule has 1 aromatic heterocycles. The second kappa shape index (κ2) is 5.14. The molecule has 0 saturated carbocycles. The zero-order valence-electron chi connectivity index (χ0n) is 9.78. The summed E-state index contributed by atoms with van der Waals surface area (Å²) in [5, 5.41) is 0. The number of H-pyrrole nitrogens is 1. The van der Waals surface area contributed by atoms with Crippen LogP contribution in [0.3, 0.4) is 0 Å². The summed E-state index contributed by atoms with van der Waals surface area (Å²) in [4.78, 5) is 20.9. The number of aromatic nitrogens is 2. The van der Waals surface area contributed by atoms with Crippen molar-refractivity contribution in [2.45, 2.75) is 39.2 Å². The minimum Gasteiger partial charge on any atom is -0.347 e. The molecule has 2 heterocycles. The predicted molar refractivity (Wildman–Crippen MR) is 61.6 cm³/mol. The third-order valence-electron chi connectivity index (χ3n) is 3.19. The molecular weight excluding hydrogens is 202 g/mol. The van der Waals surface area contributed by atoms with E-state index >= 15 is 0 Å². The molecule has 4 nitrogen and oxygen atoms in total. The predicted octanol–water partition coefficient (Wildman–Crippen LogP) is 1.95. The highest BCUT2D eigenvalue weighted by atomic mass is 16.2. The molecule has 0 radical (unpaired) electrons. The fourth-order valence-corrected chi connectivity index (χ4v) is 2.35. The van der Waals surface area contributed by atoms with Gasteiger partial charge in [-0.15, -0.1) is 0 Å². The lowest BCUT2D eigenvalue weighted by molar-refractivity contribution is -0.135. The standard InChI is InChI=1S/C12H19N3O/c1-2-3-10-4-5-12(16)15(8-10)9-11-13-6-7-14-11/h6-7,10H,2-5,8-9H2,1H3,(H,13,14). The molecule has 16 heavy (non-hydrogen) atoms. The van der Waals surface area contributed by atoms with E-state index in [4.69, 9.17) is 0 Å². The second-order valence-electron chi connectivity index (χ2n) is 4.50. The maximum Gasteiger partial charge on any atom is 0.222 e. The Bertz CT molecular complexity index is 334. The van der Waals surface area contributed by atoms with Gasteiger partial charge in [0.25, 0.3) is 0 Å². The average molecular weight is 221 g/mol. The Kier molecular flexibility index (Phi) is 3.59. The van der Waals surface area contributed by atoms with Crippen LogP contribution in [-0.4, -0.2) is 27.3 Å². The number of carbonyl (C=O) groups excluding carboxylic acids is 1. The van der Waals surface area contributed by atoms with Gasteiger partial charge >= 0.3 is 0 Å². The van der Waals surface area contributed by atoms with E-state index in [-0.39, 0.29) is 5.91 Å². The summed E-state index contributed by atoms with van der Waals surface area (Å²) in [6.45, 7) is 3.73. The van der Waals surface area contributed by atoms with Crippen LogP contribution in [0.4, 0.5) is 0 Å². The van der Waals surface area contributed by atoms with Crippen LogP contribution >= 0.6 is 0 Å². The van der Waals surface area contributed by atoms with Crippen LogP contribution in [-0.2, 0) is 11.3 Å². The van der Waals surface area contributed by atoms with E-state index in [0.717, 1.165) is 18.8 Å². The molecule has 0 spiro atoms. The maximum atomic E-state index is 11.8. The number of rotatable bonds is 4. The first kappa shape index (κ1) is 11.2. The smallest absolute Gasteiger partial charge is 0.222 e. The molecule has 1 aliphatic rings. The van der Waals surface area contributed by atoms with E-state index in [1.165, 1.54) is 12.8 Å².